The number of halogens is 4. The average Bonchev–Trinajstić information content (AvgIpc) is 3.42. The van der Waals surface area contributed by atoms with Crippen LogP contribution in [0.3, 0.4) is 0 Å². The summed E-state index contributed by atoms with van der Waals surface area (Å²) in [6.45, 7) is 2.49. The number of aromatic nitrogens is 7. The molecule has 0 aliphatic heterocycles. The second kappa shape index (κ2) is 8.15. The van der Waals surface area contributed by atoms with Gasteiger partial charge >= 0.3 is 0 Å². The predicted molar refractivity (Wildman–Crippen MR) is 120 cm³/mol. The van der Waals surface area contributed by atoms with Crippen LogP contribution < -0.4 is 5.73 Å². The number of benzene rings is 1. The maximum absolute atomic E-state index is 14.8. The zero-order chi connectivity index (χ0) is 24.9. The van der Waals surface area contributed by atoms with Gasteiger partial charge in [-0.25, -0.2) is 32.0 Å². The van der Waals surface area contributed by atoms with E-state index in [1.807, 2.05) is 0 Å². The van der Waals surface area contributed by atoms with Crippen molar-refractivity contribution in [2.24, 2.45) is 0 Å². The lowest BCUT2D eigenvalue weighted by Gasteiger charge is -2.24. The van der Waals surface area contributed by atoms with Crippen molar-refractivity contribution >= 4 is 11.6 Å². The van der Waals surface area contributed by atoms with E-state index >= 15 is 0 Å². The summed E-state index contributed by atoms with van der Waals surface area (Å²) in [5.74, 6) is -4.27. The second-order valence-electron chi connectivity index (χ2n) is 8.10. The third-order valence-corrected chi connectivity index (χ3v) is 5.56. The molecule has 0 saturated heterocycles. The molecule has 0 aliphatic rings. The first-order valence-electron chi connectivity index (χ1n) is 10.4. The van der Waals surface area contributed by atoms with Crippen LogP contribution in [0.15, 0.2) is 55.1 Å². The molecular weight excluding hydrogens is 464 g/mol. The molecule has 1 atom stereocenters. The summed E-state index contributed by atoms with van der Waals surface area (Å²) in [4.78, 5) is 12.5. The number of aryl methyl sites for hydroxylation is 1. The molecule has 35 heavy (non-hydrogen) atoms. The minimum Gasteiger partial charge on any atom is -0.366 e. The van der Waals surface area contributed by atoms with Crippen molar-refractivity contribution in [2.75, 3.05) is 5.73 Å². The Balaban J connectivity index is 1.56. The zero-order valence-corrected chi connectivity index (χ0v) is 18.5. The second-order valence-corrected chi connectivity index (χ2v) is 8.10. The third kappa shape index (κ3) is 4.07. The molecule has 5 rings (SSSR count). The number of pyridine rings is 1. The molecule has 0 amide bonds. The van der Waals surface area contributed by atoms with E-state index in [4.69, 9.17) is 5.73 Å². The van der Waals surface area contributed by atoms with Crippen LogP contribution in [0.5, 0.6) is 0 Å². The highest BCUT2D eigenvalue weighted by molar-refractivity contribution is 5.72. The quantitative estimate of drug-likeness (QED) is 0.371. The minimum atomic E-state index is -3.22. The van der Waals surface area contributed by atoms with Crippen LogP contribution in [0.25, 0.3) is 28.3 Å². The van der Waals surface area contributed by atoms with Gasteiger partial charge in [-0.1, -0.05) is 12.1 Å². The Hall–Kier alpha value is -4.35. The number of hydrogen-bond donors (Lipinski definition) is 1. The summed E-state index contributed by atoms with van der Waals surface area (Å²) in [5.41, 5.74) is 7.62. The molecule has 178 valence electrons. The summed E-state index contributed by atoms with van der Waals surface area (Å²) >= 11 is 0. The number of rotatable bonds is 5. The molecule has 4 heterocycles. The molecule has 4 aromatic heterocycles. The van der Waals surface area contributed by atoms with E-state index in [2.05, 4.69) is 25.1 Å². The summed E-state index contributed by atoms with van der Waals surface area (Å²) in [5, 5.41) is 8.11. The number of fused-ring (bicyclic) bond motifs is 1. The molecule has 0 unspecified atom stereocenters. The Morgan fingerprint density at radius 1 is 1.03 bits per heavy atom. The van der Waals surface area contributed by atoms with Crippen molar-refractivity contribution in [2.45, 2.75) is 25.8 Å². The van der Waals surface area contributed by atoms with Gasteiger partial charge in [0.25, 0.3) is 5.92 Å². The lowest BCUT2D eigenvalue weighted by Crippen LogP contribution is -2.29. The van der Waals surface area contributed by atoms with Crippen molar-refractivity contribution in [3.63, 3.8) is 0 Å². The molecule has 2 N–H and O–H groups in total. The largest absolute Gasteiger partial charge is 0.366 e. The van der Waals surface area contributed by atoms with Crippen LogP contribution in [0, 0.1) is 18.6 Å². The van der Waals surface area contributed by atoms with Crippen LogP contribution >= 0.6 is 0 Å². The van der Waals surface area contributed by atoms with Crippen molar-refractivity contribution in [1.82, 2.24) is 34.3 Å². The van der Waals surface area contributed by atoms with Gasteiger partial charge in [-0.3, -0.25) is 4.68 Å². The first kappa shape index (κ1) is 22.4. The van der Waals surface area contributed by atoms with Gasteiger partial charge in [0.15, 0.2) is 17.3 Å². The van der Waals surface area contributed by atoms with Gasteiger partial charge in [0.05, 0.1) is 18.0 Å². The number of hydrogen-bond acceptors (Lipinski definition) is 6. The van der Waals surface area contributed by atoms with Crippen LogP contribution in [0.1, 0.15) is 24.1 Å². The monoisotopic (exact) mass is 482 g/mol. The van der Waals surface area contributed by atoms with Crippen LogP contribution in [-0.4, -0.2) is 40.3 Å². The lowest BCUT2D eigenvalue weighted by molar-refractivity contribution is -0.0217. The van der Waals surface area contributed by atoms with Gasteiger partial charge < -0.3 is 5.73 Å². The van der Waals surface area contributed by atoms with Crippen molar-refractivity contribution in [3.8, 4) is 22.6 Å². The Bertz CT molecular complexity index is 1540. The molecule has 1 aromatic carbocycles. The molecule has 0 spiro atoms. The normalized spacial score (nSPS) is 12.9. The first-order valence-corrected chi connectivity index (χ1v) is 10.4. The highest BCUT2D eigenvalue weighted by Gasteiger charge is 2.38. The number of nitrogen functional groups attached to an aromatic ring is 1. The van der Waals surface area contributed by atoms with Crippen molar-refractivity contribution in [1.29, 1.82) is 0 Å². The molecule has 0 fully saturated rings. The highest BCUT2D eigenvalue weighted by atomic mass is 19.3. The summed E-state index contributed by atoms with van der Waals surface area (Å²) < 4.78 is 59.7. The van der Waals surface area contributed by atoms with E-state index in [-0.39, 0.29) is 23.0 Å². The molecule has 0 radical (unpaired) electrons. The van der Waals surface area contributed by atoms with Crippen molar-refractivity contribution in [3.05, 3.63) is 77.9 Å². The number of anilines is 1. The van der Waals surface area contributed by atoms with Gasteiger partial charge in [0.2, 0.25) is 5.95 Å². The zero-order valence-electron chi connectivity index (χ0n) is 18.5. The van der Waals surface area contributed by atoms with Crippen LogP contribution in [0.2, 0.25) is 0 Å². The van der Waals surface area contributed by atoms with E-state index in [0.717, 1.165) is 29.9 Å². The average molecular weight is 482 g/mol. The van der Waals surface area contributed by atoms with Crippen LogP contribution in [0.4, 0.5) is 23.5 Å². The lowest BCUT2D eigenvalue weighted by atomic mass is 10.0. The molecule has 12 heteroatoms. The minimum absolute atomic E-state index is 0.000211. The summed E-state index contributed by atoms with van der Waals surface area (Å²) in [6, 6.07) is 4.89. The first-order chi connectivity index (χ1) is 16.6. The standard InChI is InChI=1S/C23H18F4N8/c1-12-16(7-8-34-21(12)32-22(28)33-34)18-17(25)10-29-20(31-18)14-9-30-35(11-14)19(23(2,26)27)13-3-5-15(24)6-4-13/h3-11,19H,1-2H3,(H2,28,33)/t19-/m1/s1. The number of nitrogens with two attached hydrogens (primary N) is 1. The molecule has 0 aliphatic carbocycles. The van der Waals surface area contributed by atoms with Crippen molar-refractivity contribution < 1.29 is 17.6 Å². The molecule has 0 bridgehead atoms. The van der Waals surface area contributed by atoms with Gasteiger partial charge in [-0.2, -0.15) is 10.1 Å². The van der Waals surface area contributed by atoms with Gasteiger partial charge in [0, 0.05) is 30.4 Å². The van der Waals surface area contributed by atoms with E-state index in [0.29, 0.717) is 22.3 Å². The third-order valence-electron chi connectivity index (χ3n) is 5.56. The fourth-order valence-electron chi connectivity index (χ4n) is 3.96. The van der Waals surface area contributed by atoms with Gasteiger partial charge in [-0.15, -0.1) is 5.10 Å². The van der Waals surface area contributed by atoms with Gasteiger partial charge in [0.1, 0.15) is 17.6 Å². The summed E-state index contributed by atoms with van der Waals surface area (Å²) in [7, 11) is 0. The topological polar surface area (TPSA) is 99.8 Å². The van der Waals surface area contributed by atoms with E-state index in [1.165, 1.54) is 29.0 Å². The number of alkyl halides is 2. The number of nitrogens with zero attached hydrogens (tertiary/aromatic N) is 7. The van der Waals surface area contributed by atoms with E-state index < -0.39 is 23.6 Å². The fourth-order valence-corrected chi connectivity index (χ4v) is 3.96. The van der Waals surface area contributed by atoms with E-state index in [1.54, 1.807) is 19.2 Å². The summed E-state index contributed by atoms with van der Waals surface area (Å²) in [6.07, 6.45) is 5.24. The molecular formula is C23H18F4N8. The maximum atomic E-state index is 14.8. The smallest absolute Gasteiger partial charge is 0.271 e. The predicted octanol–water partition coefficient (Wildman–Crippen LogP) is 4.46. The Kier molecular flexibility index (Phi) is 5.23. The fraction of sp³-hybridized carbons (Fsp3) is 0.174. The Morgan fingerprint density at radius 3 is 2.49 bits per heavy atom. The van der Waals surface area contributed by atoms with E-state index in [9.17, 15) is 17.6 Å². The molecule has 0 saturated carbocycles. The Labute approximate surface area is 196 Å². The molecule has 8 nitrogen and oxygen atoms in total. The Morgan fingerprint density at radius 2 is 1.77 bits per heavy atom. The SMILES string of the molecule is Cc1c(-c2nc(-c3cnn([C@H](c4ccc(F)cc4)C(C)(F)F)c3)ncc2F)ccn2nc(N)nc12. The maximum Gasteiger partial charge on any atom is 0.271 e. The highest BCUT2D eigenvalue weighted by Crippen LogP contribution is 2.35. The molecule has 5 aromatic rings. The van der Waals surface area contributed by atoms with Crippen LogP contribution in [-0.2, 0) is 0 Å². The van der Waals surface area contributed by atoms with Gasteiger partial charge in [-0.05, 0) is 30.7 Å².